The number of hydrogen-bond donors (Lipinski definition) is 2. The van der Waals surface area contributed by atoms with E-state index in [2.05, 4.69) is 10.6 Å². The number of hydrogen-bond acceptors (Lipinski definition) is 2. The van der Waals surface area contributed by atoms with Gasteiger partial charge in [-0.2, -0.15) is 0 Å². The highest BCUT2D eigenvalue weighted by atomic mass is 32.1. The van der Waals surface area contributed by atoms with Crippen molar-refractivity contribution in [3.63, 3.8) is 0 Å². The van der Waals surface area contributed by atoms with Gasteiger partial charge in [-0.05, 0) is 31.2 Å². The van der Waals surface area contributed by atoms with Crippen LogP contribution in [-0.2, 0) is 0 Å². The van der Waals surface area contributed by atoms with E-state index in [1.807, 2.05) is 61.5 Å². The fraction of sp³-hybridized carbons (Fsp3) is 0.0667. The van der Waals surface area contributed by atoms with Gasteiger partial charge < -0.3 is 10.6 Å². The van der Waals surface area contributed by atoms with Crippen LogP contribution in [0.2, 0.25) is 0 Å². The van der Waals surface area contributed by atoms with Crippen molar-refractivity contribution in [1.82, 2.24) is 0 Å². The standard InChI is InChI=1S/C15H14N2S2/c1-11-7-9-13(10-8-11)17-15(19)14(18)16-12-5-3-2-4-6-12/h2-10H,1H3,(H,16,18)(H,17,19). The minimum atomic E-state index is 0.516. The van der Waals surface area contributed by atoms with E-state index in [-0.39, 0.29) is 0 Å². The molecule has 0 aliphatic rings. The Morgan fingerprint density at radius 1 is 0.737 bits per heavy atom. The molecule has 0 saturated heterocycles. The van der Waals surface area contributed by atoms with Crippen molar-refractivity contribution in [1.29, 1.82) is 0 Å². The van der Waals surface area contributed by atoms with Gasteiger partial charge in [-0.3, -0.25) is 0 Å². The van der Waals surface area contributed by atoms with Gasteiger partial charge in [0.05, 0.1) is 0 Å². The van der Waals surface area contributed by atoms with Crippen molar-refractivity contribution in [2.45, 2.75) is 6.92 Å². The zero-order chi connectivity index (χ0) is 13.7. The maximum absolute atomic E-state index is 5.28. The molecule has 0 bridgehead atoms. The second kappa shape index (κ2) is 6.41. The minimum absolute atomic E-state index is 0.516. The van der Waals surface area contributed by atoms with E-state index in [9.17, 15) is 0 Å². The third kappa shape index (κ3) is 4.12. The highest BCUT2D eigenvalue weighted by molar-refractivity contribution is 7.89. The maximum atomic E-state index is 5.28. The van der Waals surface area contributed by atoms with Gasteiger partial charge in [-0.15, -0.1) is 0 Å². The lowest BCUT2D eigenvalue weighted by Crippen LogP contribution is -2.25. The third-order valence-corrected chi connectivity index (χ3v) is 3.29. The lowest BCUT2D eigenvalue weighted by atomic mass is 10.2. The van der Waals surface area contributed by atoms with Crippen molar-refractivity contribution in [2.24, 2.45) is 0 Å². The van der Waals surface area contributed by atoms with Crippen molar-refractivity contribution >= 4 is 45.8 Å². The Balaban J connectivity index is 1.96. The van der Waals surface area contributed by atoms with Gasteiger partial charge in [0, 0.05) is 11.4 Å². The molecule has 2 nitrogen and oxygen atoms in total. The summed E-state index contributed by atoms with van der Waals surface area (Å²) < 4.78 is 0. The van der Waals surface area contributed by atoms with Crippen LogP contribution in [0.3, 0.4) is 0 Å². The summed E-state index contributed by atoms with van der Waals surface area (Å²) in [4.78, 5) is 1.03. The van der Waals surface area contributed by atoms with Crippen LogP contribution in [0, 0.1) is 6.92 Å². The Morgan fingerprint density at radius 2 is 1.21 bits per heavy atom. The Bertz CT molecular complexity index is 577. The Kier molecular flexibility index (Phi) is 4.60. The van der Waals surface area contributed by atoms with Gasteiger partial charge >= 0.3 is 0 Å². The fourth-order valence-corrected chi connectivity index (χ4v) is 1.87. The fourth-order valence-electron chi connectivity index (χ4n) is 1.53. The number of anilines is 2. The van der Waals surface area contributed by atoms with E-state index in [0.717, 1.165) is 11.4 Å². The number of aryl methyl sites for hydroxylation is 1. The summed E-state index contributed by atoms with van der Waals surface area (Å²) in [6, 6.07) is 17.7. The first-order valence-corrected chi connectivity index (χ1v) is 6.71. The molecule has 0 atom stereocenters. The molecule has 0 spiro atoms. The molecule has 4 heteroatoms. The van der Waals surface area contributed by atoms with Gasteiger partial charge in [0.15, 0.2) is 0 Å². The molecule has 0 saturated carbocycles. The van der Waals surface area contributed by atoms with Gasteiger partial charge in [0.25, 0.3) is 0 Å². The van der Waals surface area contributed by atoms with Crippen LogP contribution in [-0.4, -0.2) is 9.98 Å². The first-order valence-electron chi connectivity index (χ1n) is 5.89. The van der Waals surface area contributed by atoms with Crippen LogP contribution < -0.4 is 10.6 Å². The molecule has 0 amide bonds. The summed E-state index contributed by atoms with van der Waals surface area (Å²) in [7, 11) is 0. The van der Waals surface area contributed by atoms with Crippen LogP contribution in [0.5, 0.6) is 0 Å². The number of rotatable bonds is 2. The number of nitrogens with one attached hydrogen (secondary N) is 2. The van der Waals surface area contributed by atoms with E-state index in [1.165, 1.54) is 5.56 Å². The molecular weight excluding hydrogens is 272 g/mol. The lowest BCUT2D eigenvalue weighted by Gasteiger charge is -2.11. The molecule has 2 rings (SSSR count). The van der Waals surface area contributed by atoms with E-state index >= 15 is 0 Å². The van der Waals surface area contributed by atoms with Crippen LogP contribution in [0.15, 0.2) is 54.6 Å². The summed E-state index contributed by atoms with van der Waals surface area (Å²) in [5.74, 6) is 0. The van der Waals surface area contributed by atoms with E-state index < -0.39 is 0 Å². The molecular formula is C15H14N2S2. The molecule has 2 N–H and O–H groups in total. The molecule has 0 aromatic heterocycles. The smallest absolute Gasteiger partial charge is 0.138 e. The normalized spacial score (nSPS) is 9.74. The topological polar surface area (TPSA) is 24.1 Å². The largest absolute Gasteiger partial charge is 0.344 e. The van der Waals surface area contributed by atoms with E-state index in [4.69, 9.17) is 24.4 Å². The van der Waals surface area contributed by atoms with Gasteiger partial charge in [0.2, 0.25) is 0 Å². The van der Waals surface area contributed by atoms with Crippen LogP contribution >= 0.6 is 24.4 Å². The Labute approximate surface area is 123 Å². The van der Waals surface area contributed by atoms with Crippen molar-refractivity contribution in [3.8, 4) is 0 Å². The average Bonchev–Trinajstić information content (AvgIpc) is 2.42. The first kappa shape index (κ1) is 13.6. The average molecular weight is 286 g/mol. The van der Waals surface area contributed by atoms with Gasteiger partial charge in [-0.1, -0.05) is 60.3 Å². The first-order chi connectivity index (χ1) is 9.15. The quantitative estimate of drug-likeness (QED) is 0.809. The molecule has 2 aromatic rings. The lowest BCUT2D eigenvalue weighted by molar-refractivity contribution is 1.47. The monoisotopic (exact) mass is 286 g/mol. The second-order valence-electron chi connectivity index (χ2n) is 4.14. The van der Waals surface area contributed by atoms with Crippen molar-refractivity contribution in [3.05, 3.63) is 60.2 Å². The number of thiocarbonyl (C=S) groups is 2. The molecule has 2 aromatic carbocycles. The summed E-state index contributed by atoms with van der Waals surface area (Å²) in [5, 5.41) is 6.22. The van der Waals surface area contributed by atoms with Crippen molar-refractivity contribution < 1.29 is 0 Å². The maximum Gasteiger partial charge on any atom is 0.138 e. The zero-order valence-corrected chi connectivity index (χ0v) is 12.1. The predicted octanol–water partition coefficient (Wildman–Crippen LogP) is 4.17. The summed E-state index contributed by atoms with van der Waals surface area (Å²) in [6.45, 7) is 2.05. The molecule has 0 aliphatic heterocycles. The summed E-state index contributed by atoms with van der Waals surface area (Å²) in [6.07, 6.45) is 0. The molecule has 0 radical (unpaired) electrons. The Morgan fingerprint density at radius 3 is 1.74 bits per heavy atom. The van der Waals surface area contributed by atoms with Crippen LogP contribution in [0.4, 0.5) is 11.4 Å². The number of benzene rings is 2. The van der Waals surface area contributed by atoms with Gasteiger partial charge in [0.1, 0.15) is 9.98 Å². The molecule has 0 fully saturated rings. The van der Waals surface area contributed by atoms with Crippen LogP contribution in [0.25, 0.3) is 0 Å². The van der Waals surface area contributed by atoms with Crippen LogP contribution in [0.1, 0.15) is 5.56 Å². The highest BCUT2D eigenvalue weighted by Crippen LogP contribution is 2.10. The Hall–Kier alpha value is -1.78. The molecule has 0 aliphatic carbocycles. The molecule has 0 unspecified atom stereocenters. The molecule has 96 valence electrons. The third-order valence-electron chi connectivity index (χ3n) is 2.55. The second-order valence-corrected chi connectivity index (χ2v) is 4.96. The van der Waals surface area contributed by atoms with E-state index in [0.29, 0.717) is 9.98 Å². The summed E-state index contributed by atoms with van der Waals surface area (Å²) >= 11 is 10.5. The zero-order valence-electron chi connectivity index (χ0n) is 10.5. The SMILES string of the molecule is Cc1ccc(NC(=S)C(=S)Nc2ccccc2)cc1. The number of para-hydroxylation sites is 1. The molecule has 0 heterocycles. The van der Waals surface area contributed by atoms with Gasteiger partial charge in [-0.25, -0.2) is 0 Å². The summed E-state index contributed by atoms with van der Waals surface area (Å²) in [5.41, 5.74) is 3.08. The minimum Gasteiger partial charge on any atom is -0.344 e. The highest BCUT2D eigenvalue weighted by Gasteiger charge is 2.05. The van der Waals surface area contributed by atoms with Crippen molar-refractivity contribution in [2.75, 3.05) is 10.6 Å². The predicted molar refractivity (Wildman–Crippen MR) is 90.1 cm³/mol. The van der Waals surface area contributed by atoms with E-state index in [1.54, 1.807) is 0 Å². The molecule has 19 heavy (non-hydrogen) atoms.